The van der Waals surface area contributed by atoms with Crippen LogP contribution < -0.4 is 20.7 Å². The fraction of sp³-hybridized carbons (Fsp3) is 0.207. The first-order valence-corrected chi connectivity index (χ1v) is 13.1. The number of nitrogens with two attached hydrogens (primary N) is 1. The summed E-state index contributed by atoms with van der Waals surface area (Å²) in [5.41, 5.74) is 8.71. The van der Waals surface area contributed by atoms with E-state index in [4.69, 9.17) is 38.7 Å². The van der Waals surface area contributed by atoms with Crippen LogP contribution in [0.1, 0.15) is 47.2 Å². The first kappa shape index (κ1) is 25.3. The number of amides is 2. The lowest BCUT2D eigenvalue weighted by atomic mass is 9.86. The van der Waals surface area contributed by atoms with Crippen LogP contribution in [0.25, 0.3) is 11.4 Å². The maximum absolute atomic E-state index is 14.4. The topological polar surface area (TPSA) is 102 Å². The fourth-order valence-corrected chi connectivity index (χ4v) is 6.06. The summed E-state index contributed by atoms with van der Waals surface area (Å²) in [6.07, 6.45) is 0. The summed E-state index contributed by atoms with van der Waals surface area (Å²) in [6.45, 7) is 5.84. The van der Waals surface area contributed by atoms with Crippen molar-refractivity contribution in [2.45, 2.75) is 32.4 Å². The molecule has 8 nitrogen and oxygen atoms in total. The van der Waals surface area contributed by atoms with Gasteiger partial charge in [0.2, 0.25) is 0 Å². The molecular formula is C29H25Cl2N5O3. The van der Waals surface area contributed by atoms with Gasteiger partial charge in [0.05, 0.1) is 24.1 Å². The van der Waals surface area contributed by atoms with Gasteiger partial charge in [0.15, 0.2) is 11.2 Å². The number of hydrogen-bond acceptors (Lipinski definition) is 5. The van der Waals surface area contributed by atoms with Crippen LogP contribution in [-0.4, -0.2) is 28.5 Å². The Balaban J connectivity index is 1.74. The molecule has 0 radical (unpaired) electrons. The number of aryl methyl sites for hydroxylation is 1. The van der Waals surface area contributed by atoms with Crippen molar-refractivity contribution >= 4 is 52.1 Å². The number of carbonyl (C=O) groups excluding carboxylic acids is 2. The minimum atomic E-state index is -1.56. The van der Waals surface area contributed by atoms with E-state index in [9.17, 15) is 9.59 Å². The normalized spacial score (nSPS) is 17.7. The lowest BCUT2D eigenvalue weighted by Gasteiger charge is -2.36. The number of rotatable bonds is 4. The van der Waals surface area contributed by atoms with Gasteiger partial charge in [-0.25, -0.2) is 4.98 Å². The van der Waals surface area contributed by atoms with E-state index in [1.54, 1.807) is 49.6 Å². The second kappa shape index (κ2) is 8.76. The summed E-state index contributed by atoms with van der Waals surface area (Å²) in [6, 6.07) is 15.5. The number of nitrogen functional groups attached to an aromatic ring is 1. The van der Waals surface area contributed by atoms with Gasteiger partial charge in [-0.2, -0.15) is 0 Å². The number of carbonyl (C=O) groups is 2. The number of hydrogen-bond donors (Lipinski definition) is 2. The molecule has 1 aromatic heterocycles. The van der Waals surface area contributed by atoms with E-state index in [1.165, 1.54) is 4.90 Å². The number of imidazole rings is 1. The Labute approximate surface area is 235 Å². The summed E-state index contributed by atoms with van der Waals surface area (Å²) in [4.78, 5) is 35.1. The summed E-state index contributed by atoms with van der Waals surface area (Å²) < 4.78 is 7.57. The third-order valence-electron chi connectivity index (χ3n) is 7.34. The summed E-state index contributed by atoms with van der Waals surface area (Å²) in [5.74, 6) is 0.206. The largest absolute Gasteiger partial charge is 0.496 e. The van der Waals surface area contributed by atoms with E-state index in [0.717, 1.165) is 5.56 Å². The van der Waals surface area contributed by atoms with Crippen molar-refractivity contribution in [3.63, 3.8) is 0 Å². The van der Waals surface area contributed by atoms with E-state index >= 15 is 0 Å². The summed E-state index contributed by atoms with van der Waals surface area (Å²) in [5, 5.41) is 3.88. The van der Waals surface area contributed by atoms with Gasteiger partial charge in [-0.15, -0.1) is 0 Å². The molecular weight excluding hydrogens is 537 g/mol. The second-order valence-electron chi connectivity index (χ2n) is 9.98. The molecule has 3 aromatic carbocycles. The number of nitrogens with one attached hydrogen (secondary N) is 1. The van der Waals surface area contributed by atoms with Crippen LogP contribution in [0.15, 0.2) is 54.6 Å². The Bertz CT molecular complexity index is 1710. The molecule has 3 heterocycles. The van der Waals surface area contributed by atoms with Crippen LogP contribution in [0.4, 0.5) is 17.1 Å². The molecule has 1 atom stereocenters. The van der Waals surface area contributed by atoms with E-state index in [2.05, 4.69) is 5.32 Å². The van der Waals surface area contributed by atoms with Crippen molar-refractivity contribution in [2.24, 2.45) is 0 Å². The highest BCUT2D eigenvalue weighted by molar-refractivity contribution is 6.32. The molecule has 39 heavy (non-hydrogen) atoms. The number of halogens is 2. The monoisotopic (exact) mass is 561 g/mol. The first-order chi connectivity index (χ1) is 18.6. The molecule has 3 N–H and O–H groups in total. The predicted molar refractivity (Wildman–Crippen MR) is 153 cm³/mol. The van der Waals surface area contributed by atoms with Crippen molar-refractivity contribution in [2.75, 3.05) is 23.1 Å². The SMILES string of the molecule is COc1cc(N)ccc1-c1nc2c(n1C(C)C)C1(C(=O)Nc3cc(Cl)ccc31)N(c1cc(Cl)ccc1C)C2=O. The molecule has 198 valence electrons. The smallest absolute Gasteiger partial charge is 0.280 e. The highest BCUT2D eigenvalue weighted by Gasteiger charge is 2.64. The molecule has 0 saturated heterocycles. The molecule has 0 saturated carbocycles. The van der Waals surface area contributed by atoms with E-state index in [0.29, 0.717) is 55.5 Å². The highest BCUT2D eigenvalue weighted by atomic mass is 35.5. The first-order valence-electron chi connectivity index (χ1n) is 12.4. The molecule has 6 rings (SSSR count). The molecule has 2 aliphatic rings. The molecule has 0 fully saturated rings. The van der Waals surface area contributed by atoms with Gasteiger partial charge in [-0.1, -0.05) is 35.3 Å². The second-order valence-corrected chi connectivity index (χ2v) is 10.9. The van der Waals surface area contributed by atoms with Crippen LogP contribution in [-0.2, 0) is 10.3 Å². The predicted octanol–water partition coefficient (Wildman–Crippen LogP) is 6.19. The van der Waals surface area contributed by atoms with E-state index < -0.39 is 11.4 Å². The van der Waals surface area contributed by atoms with Crippen molar-refractivity contribution in [3.8, 4) is 17.1 Å². The Morgan fingerprint density at radius 1 is 1.03 bits per heavy atom. The summed E-state index contributed by atoms with van der Waals surface area (Å²) in [7, 11) is 1.55. The van der Waals surface area contributed by atoms with Gasteiger partial charge >= 0.3 is 0 Å². The van der Waals surface area contributed by atoms with Gasteiger partial charge < -0.3 is 20.4 Å². The zero-order chi connectivity index (χ0) is 27.8. The molecule has 4 aromatic rings. The molecule has 2 aliphatic heterocycles. The number of methoxy groups -OCH3 is 1. The van der Waals surface area contributed by atoms with Crippen molar-refractivity contribution < 1.29 is 14.3 Å². The third-order valence-corrected chi connectivity index (χ3v) is 7.81. The number of fused-ring (bicyclic) bond motifs is 4. The minimum absolute atomic E-state index is 0.176. The lowest BCUT2D eigenvalue weighted by molar-refractivity contribution is -0.119. The Kier molecular flexibility index (Phi) is 5.68. The van der Waals surface area contributed by atoms with Gasteiger partial charge in [0.25, 0.3) is 11.8 Å². The minimum Gasteiger partial charge on any atom is -0.496 e. The van der Waals surface area contributed by atoms with Crippen molar-refractivity contribution in [3.05, 3.63) is 87.2 Å². The zero-order valence-corrected chi connectivity index (χ0v) is 23.2. The van der Waals surface area contributed by atoms with Crippen LogP contribution in [0.2, 0.25) is 10.0 Å². The Morgan fingerprint density at radius 2 is 1.74 bits per heavy atom. The average molecular weight is 562 g/mol. The highest BCUT2D eigenvalue weighted by Crippen LogP contribution is 2.55. The van der Waals surface area contributed by atoms with Gasteiger partial charge in [-0.05, 0) is 62.7 Å². The van der Waals surface area contributed by atoms with Crippen LogP contribution in [0, 0.1) is 6.92 Å². The maximum atomic E-state index is 14.4. The quantitative estimate of drug-likeness (QED) is 0.289. The average Bonchev–Trinajstić information content (AvgIpc) is 3.49. The third kappa shape index (κ3) is 3.41. The summed E-state index contributed by atoms with van der Waals surface area (Å²) >= 11 is 12.7. The number of ether oxygens (including phenoxy) is 1. The number of anilines is 3. The molecule has 1 unspecified atom stereocenters. The molecule has 0 bridgehead atoms. The van der Waals surface area contributed by atoms with Gasteiger partial charge in [0.1, 0.15) is 11.6 Å². The Morgan fingerprint density at radius 3 is 2.46 bits per heavy atom. The van der Waals surface area contributed by atoms with Crippen molar-refractivity contribution in [1.29, 1.82) is 0 Å². The fourth-order valence-electron chi connectivity index (χ4n) is 5.72. The molecule has 0 aliphatic carbocycles. The zero-order valence-electron chi connectivity index (χ0n) is 21.7. The van der Waals surface area contributed by atoms with Gasteiger partial charge in [0, 0.05) is 39.1 Å². The van der Waals surface area contributed by atoms with Crippen LogP contribution in [0.5, 0.6) is 5.75 Å². The number of nitrogens with zero attached hydrogens (tertiary/aromatic N) is 3. The molecule has 1 spiro atoms. The maximum Gasteiger partial charge on any atom is 0.280 e. The standard InChI is InChI=1S/C29H25Cl2N5O3/c1-14(2)35-25-24(34-26(35)19-9-8-18(32)13-23(19)39-4)27(37)36(22-12-17(31)6-5-15(22)3)29(25)20-10-7-16(30)11-21(20)33-28(29)38/h5-14H,32H2,1-4H3,(H,33,38). The van der Waals surface area contributed by atoms with E-state index in [1.807, 2.05) is 37.5 Å². The van der Waals surface area contributed by atoms with Crippen LogP contribution in [0.3, 0.4) is 0 Å². The number of benzene rings is 3. The molecule has 2 amide bonds. The van der Waals surface area contributed by atoms with Crippen LogP contribution >= 0.6 is 23.2 Å². The van der Waals surface area contributed by atoms with Gasteiger partial charge in [-0.3, -0.25) is 14.5 Å². The molecule has 10 heteroatoms. The Hall–Kier alpha value is -4.01. The van der Waals surface area contributed by atoms with Crippen molar-refractivity contribution in [1.82, 2.24) is 9.55 Å². The number of aromatic nitrogens is 2. The lowest BCUT2D eigenvalue weighted by Crippen LogP contribution is -2.51. The van der Waals surface area contributed by atoms with E-state index in [-0.39, 0.29) is 17.6 Å².